The number of methoxy groups -OCH3 is 1. The van der Waals surface area contributed by atoms with Crippen molar-refractivity contribution in [3.8, 4) is 5.75 Å². The molecule has 3 heterocycles. The highest BCUT2D eigenvalue weighted by Crippen LogP contribution is 2.42. The summed E-state index contributed by atoms with van der Waals surface area (Å²) >= 11 is 3.37. The third-order valence-corrected chi connectivity index (χ3v) is 5.55. The topological polar surface area (TPSA) is 58.9 Å². The number of nitrogens with one attached hydrogen (secondary N) is 1. The number of hydrogen-bond acceptors (Lipinski definition) is 4. The number of rotatable bonds is 6. The van der Waals surface area contributed by atoms with Crippen LogP contribution in [-0.2, 0) is 11.0 Å². The van der Waals surface area contributed by atoms with Gasteiger partial charge in [0, 0.05) is 23.8 Å². The standard InChI is InChI=1S/C18H22BrF3N4O2/c1-17(2)14(24-26(16(17)27)9-5-4-8-19)11-6-7-12(28-3)15-23-13(10-25(11)15)18(20,21)22/h6-7,10,14,24H,4-5,8-9H2,1-3H3. The Balaban J connectivity index is 2.05. The van der Waals surface area contributed by atoms with Gasteiger partial charge in [-0.1, -0.05) is 15.9 Å². The highest BCUT2D eigenvalue weighted by Gasteiger charge is 2.48. The van der Waals surface area contributed by atoms with Gasteiger partial charge in [0.1, 0.15) is 0 Å². The highest BCUT2D eigenvalue weighted by atomic mass is 79.9. The number of unbranched alkanes of at least 4 members (excludes halogenated alkanes) is 1. The first-order chi connectivity index (χ1) is 13.1. The van der Waals surface area contributed by atoms with E-state index in [1.54, 1.807) is 31.0 Å². The van der Waals surface area contributed by atoms with Crippen LogP contribution in [0.2, 0.25) is 0 Å². The van der Waals surface area contributed by atoms with Crippen molar-refractivity contribution >= 4 is 27.5 Å². The van der Waals surface area contributed by atoms with Gasteiger partial charge in [0.25, 0.3) is 0 Å². The van der Waals surface area contributed by atoms with Crippen LogP contribution in [0.3, 0.4) is 0 Å². The van der Waals surface area contributed by atoms with Crippen LogP contribution in [0.1, 0.15) is 44.1 Å². The number of nitrogens with zero attached hydrogens (tertiary/aromatic N) is 3. The number of fused-ring (bicyclic) bond motifs is 1. The van der Waals surface area contributed by atoms with Gasteiger partial charge in [0.05, 0.1) is 18.6 Å². The van der Waals surface area contributed by atoms with Crippen molar-refractivity contribution in [1.82, 2.24) is 19.8 Å². The van der Waals surface area contributed by atoms with Gasteiger partial charge in [-0.15, -0.1) is 0 Å². The second-order valence-electron chi connectivity index (χ2n) is 7.28. The Morgan fingerprint density at radius 3 is 2.64 bits per heavy atom. The van der Waals surface area contributed by atoms with Crippen molar-refractivity contribution in [2.45, 2.75) is 38.9 Å². The molecule has 2 aromatic rings. The first-order valence-electron chi connectivity index (χ1n) is 8.88. The number of ether oxygens (including phenoxy) is 1. The van der Waals surface area contributed by atoms with Crippen LogP contribution >= 0.6 is 15.9 Å². The Kier molecular flexibility index (Phi) is 5.64. The van der Waals surface area contributed by atoms with E-state index in [0.717, 1.165) is 24.4 Å². The summed E-state index contributed by atoms with van der Waals surface area (Å²) < 4.78 is 46.2. The fourth-order valence-electron chi connectivity index (χ4n) is 3.41. The number of halogens is 4. The fraction of sp³-hybridized carbons (Fsp3) is 0.556. The molecule has 1 unspecified atom stereocenters. The molecule has 10 heteroatoms. The molecule has 28 heavy (non-hydrogen) atoms. The summed E-state index contributed by atoms with van der Waals surface area (Å²) in [6.07, 6.45) is -1.90. The Bertz CT molecular complexity index is 882. The molecular weight excluding hydrogens is 441 g/mol. The van der Waals surface area contributed by atoms with E-state index in [0.29, 0.717) is 12.2 Å². The van der Waals surface area contributed by atoms with E-state index in [1.807, 2.05) is 0 Å². The van der Waals surface area contributed by atoms with E-state index in [2.05, 4.69) is 26.3 Å². The van der Waals surface area contributed by atoms with E-state index >= 15 is 0 Å². The number of hydrazine groups is 1. The van der Waals surface area contributed by atoms with Gasteiger partial charge in [-0.2, -0.15) is 13.2 Å². The molecule has 2 aromatic heterocycles. The van der Waals surface area contributed by atoms with E-state index in [-0.39, 0.29) is 17.3 Å². The largest absolute Gasteiger partial charge is 0.493 e. The molecule has 1 atom stereocenters. The number of imidazole rings is 1. The summed E-state index contributed by atoms with van der Waals surface area (Å²) in [5.74, 6) is 0.141. The Morgan fingerprint density at radius 2 is 2.04 bits per heavy atom. The normalized spacial score (nSPS) is 19.6. The molecule has 1 amide bonds. The maximum atomic E-state index is 13.2. The zero-order valence-corrected chi connectivity index (χ0v) is 17.4. The maximum absolute atomic E-state index is 13.2. The molecule has 0 aromatic carbocycles. The summed E-state index contributed by atoms with van der Waals surface area (Å²) in [6.45, 7) is 4.10. The molecule has 1 aliphatic heterocycles. The first-order valence-corrected chi connectivity index (χ1v) is 10.0. The maximum Gasteiger partial charge on any atom is 0.434 e. The van der Waals surface area contributed by atoms with Crippen molar-refractivity contribution in [3.63, 3.8) is 0 Å². The number of alkyl halides is 4. The second kappa shape index (κ2) is 7.55. The lowest BCUT2D eigenvalue weighted by Gasteiger charge is -2.24. The first kappa shape index (κ1) is 20.9. The number of hydrogen-bond donors (Lipinski definition) is 1. The predicted molar refractivity (Wildman–Crippen MR) is 101 cm³/mol. The smallest absolute Gasteiger partial charge is 0.434 e. The molecule has 1 aliphatic rings. The third kappa shape index (κ3) is 3.59. The second-order valence-corrected chi connectivity index (χ2v) is 8.07. The van der Waals surface area contributed by atoms with E-state index in [9.17, 15) is 18.0 Å². The molecule has 6 nitrogen and oxygen atoms in total. The fourth-order valence-corrected chi connectivity index (χ4v) is 3.81. The molecule has 154 valence electrons. The molecule has 1 saturated heterocycles. The summed E-state index contributed by atoms with van der Waals surface area (Å²) in [7, 11) is 1.38. The van der Waals surface area contributed by atoms with Crippen molar-refractivity contribution < 1.29 is 22.7 Å². The van der Waals surface area contributed by atoms with Crippen molar-refractivity contribution in [3.05, 3.63) is 29.7 Å². The van der Waals surface area contributed by atoms with Gasteiger partial charge in [-0.3, -0.25) is 14.2 Å². The highest BCUT2D eigenvalue weighted by molar-refractivity contribution is 9.09. The molecule has 0 radical (unpaired) electrons. The Morgan fingerprint density at radius 1 is 1.32 bits per heavy atom. The Hall–Kier alpha value is -1.81. The molecule has 1 fully saturated rings. The molecule has 1 N–H and O–H groups in total. The monoisotopic (exact) mass is 462 g/mol. The number of pyridine rings is 1. The molecule has 0 spiro atoms. The van der Waals surface area contributed by atoms with Gasteiger partial charge in [-0.25, -0.2) is 10.4 Å². The summed E-state index contributed by atoms with van der Waals surface area (Å²) in [5.41, 5.74) is 1.92. The minimum atomic E-state index is -4.58. The summed E-state index contributed by atoms with van der Waals surface area (Å²) in [4.78, 5) is 16.6. The predicted octanol–water partition coefficient (Wildman–Crippen LogP) is 3.95. The van der Waals surface area contributed by atoms with Crippen LogP contribution in [0, 0.1) is 5.41 Å². The van der Waals surface area contributed by atoms with Crippen LogP contribution in [0.15, 0.2) is 18.3 Å². The molecule has 3 rings (SSSR count). The van der Waals surface area contributed by atoms with Gasteiger partial charge >= 0.3 is 6.18 Å². The zero-order chi connectivity index (χ0) is 20.7. The van der Waals surface area contributed by atoms with Crippen LogP contribution in [0.5, 0.6) is 5.75 Å². The van der Waals surface area contributed by atoms with Crippen LogP contribution in [-0.4, -0.2) is 39.3 Å². The van der Waals surface area contributed by atoms with E-state index in [4.69, 9.17) is 4.74 Å². The van der Waals surface area contributed by atoms with Crippen molar-refractivity contribution in [1.29, 1.82) is 0 Å². The Labute approximate surface area is 169 Å². The third-order valence-electron chi connectivity index (χ3n) is 4.98. The minimum absolute atomic E-state index is 0.0649. The molecule has 0 saturated carbocycles. The zero-order valence-electron chi connectivity index (χ0n) is 15.8. The van der Waals surface area contributed by atoms with Crippen molar-refractivity contribution in [2.75, 3.05) is 19.0 Å². The van der Waals surface area contributed by atoms with E-state index < -0.39 is 23.3 Å². The summed E-state index contributed by atoms with van der Waals surface area (Å²) in [5, 5.41) is 2.40. The lowest BCUT2D eigenvalue weighted by molar-refractivity contribution is -0.140. The van der Waals surface area contributed by atoms with Gasteiger partial charge in [0.2, 0.25) is 5.91 Å². The molecule has 0 aliphatic carbocycles. The molecular formula is C18H22BrF3N4O2. The number of carbonyl (C=O) groups excluding carboxylic acids is 1. The quantitative estimate of drug-likeness (QED) is 0.521. The van der Waals surface area contributed by atoms with Gasteiger partial charge in [0.15, 0.2) is 17.1 Å². The van der Waals surface area contributed by atoms with E-state index in [1.165, 1.54) is 11.5 Å². The lowest BCUT2D eigenvalue weighted by Crippen LogP contribution is -2.36. The van der Waals surface area contributed by atoms with Gasteiger partial charge in [-0.05, 0) is 38.8 Å². The van der Waals surface area contributed by atoms with Crippen molar-refractivity contribution in [2.24, 2.45) is 5.41 Å². The SMILES string of the molecule is COc1ccc(C2NN(CCCCBr)C(=O)C2(C)C)n2cc(C(F)(F)F)nc12. The average molecular weight is 463 g/mol. The van der Waals surface area contributed by atoms with Crippen LogP contribution < -0.4 is 10.2 Å². The lowest BCUT2D eigenvalue weighted by atomic mass is 9.83. The average Bonchev–Trinajstić information content (AvgIpc) is 3.17. The molecule has 0 bridgehead atoms. The number of aromatic nitrogens is 2. The number of amides is 1. The minimum Gasteiger partial charge on any atom is -0.493 e. The van der Waals surface area contributed by atoms with Crippen LogP contribution in [0.25, 0.3) is 5.65 Å². The van der Waals surface area contributed by atoms with Crippen LogP contribution in [0.4, 0.5) is 13.2 Å². The number of carbonyl (C=O) groups is 1. The van der Waals surface area contributed by atoms with Gasteiger partial charge < -0.3 is 4.74 Å². The summed E-state index contributed by atoms with van der Waals surface area (Å²) in [6, 6.07) is 2.74.